The van der Waals surface area contributed by atoms with E-state index >= 15 is 0 Å². The molecule has 0 spiro atoms. The van der Waals surface area contributed by atoms with Crippen molar-refractivity contribution in [1.29, 1.82) is 0 Å². The standard InChI is InChI=1S/C26H27Cl2N3O4S/c1-35-24-10-6-5-9-23(24)29-13-15-30(16-14-29)26(32)19-31(18-20-7-3-2-4-8-20)36(33,34)25-17-21(27)11-12-22(25)28/h2-12,17H,13-16,18-19H2,1H3. The molecule has 0 aromatic heterocycles. The van der Waals surface area contributed by atoms with Crippen LogP contribution >= 0.6 is 23.2 Å². The molecule has 1 fully saturated rings. The molecule has 0 aliphatic carbocycles. The van der Waals surface area contributed by atoms with Gasteiger partial charge in [0.1, 0.15) is 10.6 Å². The molecule has 0 unspecified atom stereocenters. The summed E-state index contributed by atoms with van der Waals surface area (Å²) in [6, 6.07) is 21.2. The lowest BCUT2D eigenvalue weighted by molar-refractivity contribution is -0.131. The second-order valence-corrected chi connectivity index (χ2v) is 11.1. The van der Waals surface area contributed by atoms with Crippen LogP contribution in [0.25, 0.3) is 0 Å². The van der Waals surface area contributed by atoms with Gasteiger partial charge in [0, 0.05) is 37.7 Å². The van der Waals surface area contributed by atoms with Crippen molar-refractivity contribution in [3.05, 3.63) is 88.4 Å². The SMILES string of the molecule is COc1ccccc1N1CCN(C(=O)CN(Cc2ccccc2)S(=O)(=O)c2cc(Cl)ccc2Cl)CC1. The van der Waals surface area contributed by atoms with Crippen LogP contribution < -0.4 is 9.64 Å². The summed E-state index contributed by atoms with van der Waals surface area (Å²) in [6.07, 6.45) is 0. The number of carbonyl (C=O) groups excluding carboxylic acids is 1. The quantitative estimate of drug-likeness (QED) is 0.414. The fourth-order valence-electron chi connectivity index (χ4n) is 4.17. The first-order valence-corrected chi connectivity index (χ1v) is 13.6. The number of para-hydroxylation sites is 2. The second kappa shape index (κ2) is 11.5. The normalized spacial score (nSPS) is 14.2. The van der Waals surface area contributed by atoms with E-state index < -0.39 is 10.0 Å². The lowest BCUT2D eigenvalue weighted by atomic mass is 10.2. The van der Waals surface area contributed by atoms with Gasteiger partial charge in [-0.1, -0.05) is 65.7 Å². The van der Waals surface area contributed by atoms with Crippen molar-refractivity contribution >= 4 is 44.8 Å². The minimum atomic E-state index is -4.11. The van der Waals surface area contributed by atoms with E-state index in [1.807, 2.05) is 54.6 Å². The molecule has 0 saturated carbocycles. The molecule has 3 aromatic rings. The molecule has 190 valence electrons. The fourth-order valence-corrected chi connectivity index (χ4v) is 6.28. The summed E-state index contributed by atoms with van der Waals surface area (Å²) < 4.78 is 33.9. The zero-order valence-electron chi connectivity index (χ0n) is 19.8. The van der Waals surface area contributed by atoms with Gasteiger partial charge >= 0.3 is 0 Å². The van der Waals surface area contributed by atoms with E-state index in [1.165, 1.54) is 18.2 Å². The van der Waals surface area contributed by atoms with Crippen LogP contribution in [-0.4, -0.2) is 63.4 Å². The third kappa shape index (κ3) is 5.95. The first-order valence-electron chi connectivity index (χ1n) is 11.4. The number of sulfonamides is 1. The summed E-state index contributed by atoms with van der Waals surface area (Å²) >= 11 is 12.3. The lowest BCUT2D eigenvalue weighted by Gasteiger charge is -2.37. The smallest absolute Gasteiger partial charge is 0.245 e. The van der Waals surface area contributed by atoms with Gasteiger partial charge in [-0.15, -0.1) is 0 Å². The molecular formula is C26H27Cl2N3O4S. The van der Waals surface area contributed by atoms with E-state index in [1.54, 1.807) is 12.0 Å². The van der Waals surface area contributed by atoms with Gasteiger partial charge < -0.3 is 14.5 Å². The number of hydrogen-bond acceptors (Lipinski definition) is 5. The summed E-state index contributed by atoms with van der Waals surface area (Å²) in [7, 11) is -2.47. The average molecular weight is 548 g/mol. The number of ether oxygens (including phenoxy) is 1. The Kier molecular flexibility index (Phi) is 8.41. The maximum Gasteiger partial charge on any atom is 0.245 e. The first-order chi connectivity index (χ1) is 17.3. The van der Waals surface area contributed by atoms with Gasteiger partial charge in [-0.3, -0.25) is 4.79 Å². The van der Waals surface area contributed by atoms with Crippen LogP contribution in [0.1, 0.15) is 5.56 Å². The molecule has 0 atom stereocenters. The highest BCUT2D eigenvalue weighted by molar-refractivity contribution is 7.89. The minimum absolute atomic E-state index is 0.0267. The van der Waals surface area contributed by atoms with E-state index in [0.29, 0.717) is 26.2 Å². The van der Waals surface area contributed by atoms with E-state index in [4.69, 9.17) is 27.9 Å². The highest BCUT2D eigenvalue weighted by Crippen LogP contribution is 2.30. The highest BCUT2D eigenvalue weighted by Gasteiger charge is 2.32. The first kappa shape index (κ1) is 26.3. The number of carbonyl (C=O) groups is 1. The molecule has 3 aromatic carbocycles. The van der Waals surface area contributed by atoms with Gasteiger partial charge in [-0.25, -0.2) is 8.42 Å². The summed E-state index contributed by atoms with van der Waals surface area (Å²) in [5.74, 6) is 0.503. The number of nitrogens with zero attached hydrogens (tertiary/aromatic N) is 3. The van der Waals surface area contributed by atoms with Crippen LogP contribution in [0, 0.1) is 0 Å². The van der Waals surface area contributed by atoms with Gasteiger partial charge in [0.15, 0.2) is 0 Å². The van der Waals surface area contributed by atoms with E-state index in [-0.39, 0.29) is 33.9 Å². The molecule has 1 amide bonds. The third-order valence-corrected chi connectivity index (χ3v) is 8.59. The van der Waals surface area contributed by atoms with E-state index in [0.717, 1.165) is 21.3 Å². The molecule has 0 N–H and O–H groups in total. The summed E-state index contributed by atoms with van der Waals surface area (Å²) in [4.78, 5) is 17.0. The molecular weight excluding hydrogens is 521 g/mol. The fraction of sp³-hybridized carbons (Fsp3) is 0.269. The van der Waals surface area contributed by atoms with Crippen molar-refractivity contribution in [3.8, 4) is 5.75 Å². The molecule has 0 bridgehead atoms. The number of rotatable bonds is 8. The predicted molar refractivity (Wildman–Crippen MR) is 142 cm³/mol. The Bertz CT molecular complexity index is 1310. The second-order valence-electron chi connectivity index (χ2n) is 8.37. The Morgan fingerprint density at radius 2 is 1.61 bits per heavy atom. The number of piperazine rings is 1. The van der Waals surface area contributed by atoms with Crippen LogP contribution in [0.2, 0.25) is 10.0 Å². The van der Waals surface area contributed by atoms with Crippen molar-refractivity contribution in [2.24, 2.45) is 0 Å². The van der Waals surface area contributed by atoms with Crippen LogP contribution in [-0.2, 0) is 21.4 Å². The molecule has 1 aliphatic heterocycles. The number of amides is 1. The molecule has 0 radical (unpaired) electrons. The lowest BCUT2D eigenvalue weighted by Crippen LogP contribution is -2.51. The van der Waals surface area contributed by atoms with Crippen molar-refractivity contribution in [2.45, 2.75) is 11.4 Å². The highest BCUT2D eigenvalue weighted by atomic mass is 35.5. The van der Waals surface area contributed by atoms with Gasteiger partial charge in [0.2, 0.25) is 15.9 Å². The van der Waals surface area contributed by atoms with Crippen LogP contribution in [0.4, 0.5) is 5.69 Å². The van der Waals surface area contributed by atoms with Crippen LogP contribution in [0.15, 0.2) is 77.7 Å². The predicted octanol–water partition coefficient (Wildman–Crippen LogP) is 4.54. The molecule has 10 heteroatoms. The Hall–Kier alpha value is -2.78. The number of anilines is 1. The van der Waals surface area contributed by atoms with Gasteiger partial charge in [0.25, 0.3) is 0 Å². The van der Waals surface area contributed by atoms with Crippen molar-refractivity contribution < 1.29 is 17.9 Å². The topological polar surface area (TPSA) is 70.2 Å². The molecule has 4 rings (SSSR count). The zero-order valence-corrected chi connectivity index (χ0v) is 22.1. The van der Waals surface area contributed by atoms with Crippen LogP contribution in [0.3, 0.4) is 0 Å². The van der Waals surface area contributed by atoms with Gasteiger partial charge in [0.05, 0.1) is 24.4 Å². The molecule has 1 heterocycles. The van der Waals surface area contributed by atoms with Crippen molar-refractivity contribution in [3.63, 3.8) is 0 Å². The zero-order chi connectivity index (χ0) is 25.7. The van der Waals surface area contributed by atoms with E-state index in [2.05, 4.69) is 4.90 Å². The average Bonchev–Trinajstić information content (AvgIpc) is 2.90. The van der Waals surface area contributed by atoms with Gasteiger partial charge in [-0.2, -0.15) is 4.31 Å². The van der Waals surface area contributed by atoms with Gasteiger partial charge in [-0.05, 0) is 35.9 Å². The number of hydrogen-bond donors (Lipinski definition) is 0. The minimum Gasteiger partial charge on any atom is -0.495 e. The number of halogens is 2. The van der Waals surface area contributed by atoms with E-state index in [9.17, 15) is 13.2 Å². The summed E-state index contributed by atoms with van der Waals surface area (Å²) in [5, 5.41) is 0.298. The summed E-state index contributed by atoms with van der Waals surface area (Å²) in [6.45, 7) is 1.87. The Morgan fingerprint density at radius 3 is 2.31 bits per heavy atom. The third-order valence-electron chi connectivity index (χ3n) is 6.08. The maximum absolute atomic E-state index is 13.6. The number of methoxy groups -OCH3 is 1. The Morgan fingerprint density at radius 1 is 0.944 bits per heavy atom. The molecule has 1 aliphatic rings. The van der Waals surface area contributed by atoms with Crippen molar-refractivity contribution in [2.75, 3.05) is 44.7 Å². The Labute approximate surface area is 221 Å². The molecule has 36 heavy (non-hydrogen) atoms. The molecule has 1 saturated heterocycles. The monoisotopic (exact) mass is 547 g/mol. The Balaban J connectivity index is 1.52. The largest absolute Gasteiger partial charge is 0.495 e. The van der Waals surface area contributed by atoms with Crippen LogP contribution in [0.5, 0.6) is 5.75 Å². The number of benzene rings is 3. The summed E-state index contributed by atoms with van der Waals surface area (Å²) in [5.41, 5.74) is 1.73. The molecule has 7 nitrogen and oxygen atoms in total. The van der Waals surface area contributed by atoms with Crippen molar-refractivity contribution in [1.82, 2.24) is 9.21 Å². The maximum atomic E-state index is 13.6.